The summed E-state index contributed by atoms with van der Waals surface area (Å²) in [5, 5.41) is 3.25. The average Bonchev–Trinajstić information content (AvgIpc) is 2.12. The molecule has 0 saturated heterocycles. The van der Waals surface area contributed by atoms with E-state index in [1.165, 1.54) is 25.8 Å². The number of rotatable bonds is 2. The van der Waals surface area contributed by atoms with E-state index in [9.17, 15) is 0 Å². The molecule has 1 aliphatic rings. The van der Waals surface area contributed by atoms with E-state index < -0.39 is 0 Å². The van der Waals surface area contributed by atoms with Gasteiger partial charge >= 0.3 is 0 Å². The van der Waals surface area contributed by atoms with Crippen LogP contribution in [-0.4, -0.2) is 13.6 Å². The van der Waals surface area contributed by atoms with Crippen molar-refractivity contribution >= 4 is 0 Å². The van der Waals surface area contributed by atoms with E-state index in [4.69, 9.17) is 0 Å². The van der Waals surface area contributed by atoms with Crippen LogP contribution in [0.4, 0.5) is 0 Å². The van der Waals surface area contributed by atoms with Crippen LogP contribution in [0.2, 0.25) is 0 Å². The monoisotopic (exact) mass is 141 g/mol. The predicted molar refractivity (Wildman–Crippen MR) is 45.0 cm³/mol. The molecule has 10 heavy (non-hydrogen) atoms. The zero-order valence-corrected chi connectivity index (χ0v) is 7.41. The lowest BCUT2D eigenvalue weighted by Crippen LogP contribution is -2.17. The molecule has 1 atom stereocenters. The highest BCUT2D eigenvalue weighted by Crippen LogP contribution is 2.40. The molecule has 1 saturated carbocycles. The van der Waals surface area contributed by atoms with Crippen LogP contribution in [0.3, 0.4) is 0 Å². The molecule has 0 aromatic rings. The van der Waals surface area contributed by atoms with Gasteiger partial charge in [0.2, 0.25) is 0 Å². The van der Waals surface area contributed by atoms with Crippen LogP contribution in [0.5, 0.6) is 0 Å². The van der Waals surface area contributed by atoms with Gasteiger partial charge in [-0.3, -0.25) is 0 Å². The molecule has 1 rings (SSSR count). The minimum Gasteiger partial charge on any atom is -0.319 e. The molecule has 1 fully saturated rings. The van der Waals surface area contributed by atoms with Gasteiger partial charge in [0.25, 0.3) is 0 Å². The maximum Gasteiger partial charge on any atom is -0.00233 e. The van der Waals surface area contributed by atoms with Gasteiger partial charge in [0.05, 0.1) is 0 Å². The summed E-state index contributed by atoms with van der Waals surface area (Å²) in [6.07, 6.45) is 4.25. The molecule has 1 nitrogen and oxygen atoms in total. The van der Waals surface area contributed by atoms with E-state index in [1.54, 1.807) is 0 Å². The molecule has 1 aliphatic carbocycles. The number of nitrogens with one attached hydrogen (secondary N) is 1. The van der Waals surface area contributed by atoms with Crippen molar-refractivity contribution in [2.24, 2.45) is 11.3 Å². The van der Waals surface area contributed by atoms with Crippen LogP contribution in [-0.2, 0) is 0 Å². The maximum atomic E-state index is 3.25. The largest absolute Gasteiger partial charge is 0.319 e. The summed E-state index contributed by atoms with van der Waals surface area (Å²) in [7, 11) is 2.05. The molecule has 1 N–H and O–H groups in total. The standard InChI is InChI=1S/C9H19N/c1-9(2)5-4-8(6-9)7-10-3/h8,10H,4-7H2,1-3H3. The van der Waals surface area contributed by atoms with Crippen LogP contribution in [0, 0.1) is 11.3 Å². The van der Waals surface area contributed by atoms with Crippen molar-refractivity contribution in [2.75, 3.05) is 13.6 Å². The minimum absolute atomic E-state index is 0.627. The molecule has 0 bridgehead atoms. The second-order valence-electron chi connectivity index (χ2n) is 4.33. The Labute approximate surface area is 64.2 Å². The summed E-state index contributed by atoms with van der Waals surface area (Å²) in [6.45, 7) is 5.97. The van der Waals surface area contributed by atoms with Crippen LogP contribution >= 0.6 is 0 Å². The van der Waals surface area contributed by atoms with E-state index in [-0.39, 0.29) is 0 Å². The highest BCUT2D eigenvalue weighted by atomic mass is 14.8. The molecular formula is C9H19N. The Hall–Kier alpha value is -0.0400. The Kier molecular flexibility index (Phi) is 2.35. The average molecular weight is 141 g/mol. The van der Waals surface area contributed by atoms with Gasteiger partial charge in [0, 0.05) is 0 Å². The lowest BCUT2D eigenvalue weighted by Gasteiger charge is -2.16. The summed E-state index contributed by atoms with van der Waals surface area (Å²) >= 11 is 0. The SMILES string of the molecule is CNCC1CCC(C)(C)C1. The first-order valence-corrected chi connectivity index (χ1v) is 4.29. The van der Waals surface area contributed by atoms with Crippen LogP contribution in [0.15, 0.2) is 0 Å². The Morgan fingerprint density at radius 1 is 1.50 bits per heavy atom. The van der Waals surface area contributed by atoms with Crippen molar-refractivity contribution in [1.29, 1.82) is 0 Å². The highest BCUT2D eigenvalue weighted by Gasteiger charge is 2.29. The summed E-state index contributed by atoms with van der Waals surface area (Å²) in [5.74, 6) is 0.944. The van der Waals surface area contributed by atoms with E-state index in [1.807, 2.05) is 7.05 Å². The first kappa shape index (κ1) is 8.06. The molecule has 0 amide bonds. The Morgan fingerprint density at radius 3 is 2.60 bits per heavy atom. The van der Waals surface area contributed by atoms with Crippen LogP contribution in [0.25, 0.3) is 0 Å². The van der Waals surface area contributed by atoms with Crippen molar-refractivity contribution in [3.63, 3.8) is 0 Å². The molecule has 1 unspecified atom stereocenters. The molecule has 0 spiro atoms. The zero-order chi connectivity index (χ0) is 7.61. The van der Waals surface area contributed by atoms with Gasteiger partial charge in [0.15, 0.2) is 0 Å². The molecular weight excluding hydrogens is 122 g/mol. The smallest absolute Gasteiger partial charge is 0.00233 e. The first-order chi connectivity index (χ1) is 4.64. The minimum atomic E-state index is 0.627. The van der Waals surface area contributed by atoms with Crippen molar-refractivity contribution in [3.05, 3.63) is 0 Å². The zero-order valence-electron chi connectivity index (χ0n) is 7.41. The lowest BCUT2D eigenvalue weighted by molar-refractivity contribution is 0.358. The van der Waals surface area contributed by atoms with Crippen molar-refractivity contribution in [3.8, 4) is 0 Å². The van der Waals surface area contributed by atoms with Crippen molar-refractivity contribution in [2.45, 2.75) is 33.1 Å². The fourth-order valence-electron chi connectivity index (χ4n) is 2.04. The fourth-order valence-corrected chi connectivity index (χ4v) is 2.04. The van der Waals surface area contributed by atoms with Gasteiger partial charge in [-0.1, -0.05) is 13.8 Å². The lowest BCUT2D eigenvalue weighted by atomic mass is 9.91. The topological polar surface area (TPSA) is 12.0 Å². The van der Waals surface area contributed by atoms with Crippen LogP contribution < -0.4 is 5.32 Å². The van der Waals surface area contributed by atoms with Crippen molar-refractivity contribution in [1.82, 2.24) is 5.32 Å². The summed E-state index contributed by atoms with van der Waals surface area (Å²) in [6, 6.07) is 0. The molecule has 0 radical (unpaired) electrons. The third-order valence-electron chi connectivity index (χ3n) is 2.56. The second kappa shape index (κ2) is 2.91. The Balaban J connectivity index is 2.29. The quantitative estimate of drug-likeness (QED) is 0.620. The van der Waals surface area contributed by atoms with Gasteiger partial charge < -0.3 is 5.32 Å². The molecule has 0 aromatic heterocycles. The fraction of sp³-hybridized carbons (Fsp3) is 1.00. The van der Waals surface area contributed by atoms with E-state index in [2.05, 4.69) is 19.2 Å². The molecule has 0 aromatic carbocycles. The second-order valence-corrected chi connectivity index (χ2v) is 4.33. The normalized spacial score (nSPS) is 30.9. The molecule has 60 valence electrons. The van der Waals surface area contributed by atoms with Crippen LogP contribution in [0.1, 0.15) is 33.1 Å². The van der Waals surface area contributed by atoms with E-state index in [0.29, 0.717) is 5.41 Å². The maximum absolute atomic E-state index is 3.25. The Bertz CT molecular complexity index is 107. The van der Waals surface area contributed by atoms with E-state index in [0.717, 1.165) is 5.92 Å². The predicted octanol–water partition coefficient (Wildman–Crippen LogP) is 2.03. The summed E-state index contributed by atoms with van der Waals surface area (Å²) < 4.78 is 0. The number of hydrogen-bond acceptors (Lipinski definition) is 1. The molecule has 0 aliphatic heterocycles. The molecule has 0 heterocycles. The van der Waals surface area contributed by atoms with Gasteiger partial charge in [-0.25, -0.2) is 0 Å². The van der Waals surface area contributed by atoms with Gasteiger partial charge in [0.1, 0.15) is 0 Å². The third-order valence-corrected chi connectivity index (χ3v) is 2.56. The summed E-state index contributed by atoms with van der Waals surface area (Å²) in [4.78, 5) is 0. The number of hydrogen-bond donors (Lipinski definition) is 1. The molecule has 1 heteroatoms. The third kappa shape index (κ3) is 1.98. The first-order valence-electron chi connectivity index (χ1n) is 4.29. The highest BCUT2D eigenvalue weighted by molar-refractivity contribution is 4.82. The van der Waals surface area contributed by atoms with Crippen molar-refractivity contribution < 1.29 is 0 Å². The Morgan fingerprint density at radius 2 is 2.20 bits per heavy atom. The van der Waals surface area contributed by atoms with Gasteiger partial charge in [-0.05, 0) is 44.2 Å². The summed E-state index contributed by atoms with van der Waals surface area (Å²) in [5.41, 5.74) is 0.627. The van der Waals surface area contributed by atoms with Gasteiger partial charge in [-0.2, -0.15) is 0 Å². The van der Waals surface area contributed by atoms with Gasteiger partial charge in [-0.15, -0.1) is 0 Å². The van der Waals surface area contributed by atoms with E-state index >= 15 is 0 Å².